The van der Waals surface area contributed by atoms with Crippen LogP contribution >= 0.6 is 0 Å². The van der Waals surface area contributed by atoms with Crippen LogP contribution in [0.15, 0.2) is 48.8 Å². The lowest BCUT2D eigenvalue weighted by atomic mass is 10.0. The summed E-state index contributed by atoms with van der Waals surface area (Å²) in [6.07, 6.45) is 6.16. The number of nitrogens with one attached hydrogen (secondary N) is 1. The van der Waals surface area contributed by atoms with Crippen LogP contribution in [0.3, 0.4) is 0 Å². The van der Waals surface area contributed by atoms with Crippen molar-refractivity contribution in [3.05, 3.63) is 71.4 Å². The fourth-order valence-electron chi connectivity index (χ4n) is 5.17. The third-order valence-corrected chi connectivity index (χ3v) is 6.75. The van der Waals surface area contributed by atoms with Crippen LogP contribution in [-0.4, -0.2) is 44.9 Å². The zero-order valence-electron chi connectivity index (χ0n) is 19.1. The van der Waals surface area contributed by atoms with Gasteiger partial charge in [-0.3, -0.25) is 15.0 Å². The minimum atomic E-state index is 0.334. The van der Waals surface area contributed by atoms with Crippen LogP contribution in [0.25, 0.3) is 22.0 Å². The minimum Gasteiger partial charge on any atom is -0.383 e. The third-order valence-electron chi connectivity index (χ3n) is 6.75. The Morgan fingerprint density at radius 3 is 2.84 bits per heavy atom. The number of aromatic nitrogens is 4. The molecular formula is C26H31N5O. The van der Waals surface area contributed by atoms with Crippen molar-refractivity contribution in [3.63, 3.8) is 0 Å². The Kier molecular flexibility index (Phi) is 5.81. The lowest BCUT2D eigenvalue weighted by Gasteiger charge is -2.25. The van der Waals surface area contributed by atoms with Crippen LogP contribution < -0.4 is 0 Å². The van der Waals surface area contributed by atoms with E-state index in [4.69, 9.17) is 9.72 Å². The van der Waals surface area contributed by atoms with E-state index in [1.807, 2.05) is 12.4 Å². The number of para-hydroxylation sites is 1. The van der Waals surface area contributed by atoms with Crippen molar-refractivity contribution < 1.29 is 4.74 Å². The number of H-pyrrole nitrogens is 1. The number of aryl methyl sites for hydroxylation is 1. The summed E-state index contributed by atoms with van der Waals surface area (Å²) in [5, 5.41) is 8.40. The molecule has 0 saturated carbocycles. The van der Waals surface area contributed by atoms with Crippen molar-refractivity contribution >= 4 is 10.9 Å². The highest BCUT2D eigenvalue weighted by atomic mass is 16.5. The molecule has 1 atom stereocenters. The van der Waals surface area contributed by atoms with E-state index in [0.29, 0.717) is 6.04 Å². The molecule has 0 aliphatic carbocycles. The first-order valence-electron chi connectivity index (χ1n) is 11.4. The molecule has 1 aliphatic rings. The van der Waals surface area contributed by atoms with Gasteiger partial charge in [-0.25, -0.2) is 0 Å². The molecule has 4 aromatic rings. The minimum absolute atomic E-state index is 0.334. The summed E-state index contributed by atoms with van der Waals surface area (Å²) >= 11 is 0. The maximum absolute atomic E-state index is 5.37. The van der Waals surface area contributed by atoms with Crippen molar-refractivity contribution in [3.8, 4) is 11.1 Å². The van der Waals surface area contributed by atoms with Crippen LogP contribution in [0.4, 0.5) is 0 Å². The standard InChI is InChI=1S/C26H31N5O/c1-18-13-20(21-15-27-28-16-21)14-24(29-18)26-9-6-10-30(26)17-23-19(2)31(11-12-32-3)25-8-5-4-7-22(23)25/h4-5,7-8,13-16,26H,6,9-12,17H2,1-3H3,(H,27,28). The number of likely N-dealkylation sites (tertiary alicyclic amines) is 1. The van der Waals surface area contributed by atoms with Gasteiger partial charge in [-0.15, -0.1) is 0 Å². The van der Waals surface area contributed by atoms with Crippen molar-refractivity contribution in [2.75, 3.05) is 20.3 Å². The summed E-state index contributed by atoms with van der Waals surface area (Å²) in [7, 11) is 1.77. The van der Waals surface area contributed by atoms with Gasteiger partial charge in [-0.2, -0.15) is 5.10 Å². The van der Waals surface area contributed by atoms with Crippen LogP contribution in [0.1, 0.15) is 41.5 Å². The van der Waals surface area contributed by atoms with Crippen LogP contribution in [-0.2, 0) is 17.8 Å². The van der Waals surface area contributed by atoms with Gasteiger partial charge in [0.25, 0.3) is 0 Å². The first-order chi connectivity index (χ1) is 15.7. The molecule has 0 amide bonds. The molecule has 1 saturated heterocycles. The monoisotopic (exact) mass is 429 g/mol. The van der Waals surface area contributed by atoms with E-state index in [-0.39, 0.29) is 0 Å². The number of aromatic amines is 1. The van der Waals surface area contributed by atoms with Gasteiger partial charge >= 0.3 is 0 Å². The SMILES string of the molecule is COCCn1c(C)c(CN2CCCC2c2cc(-c3cn[nH]c3)cc(C)n2)c2ccccc21. The van der Waals surface area contributed by atoms with Crippen LogP contribution in [0, 0.1) is 13.8 Å². The Morgan fingerprint density at radius 2 is 2.03 bits per heavy atom. The summed E-state index contributed by atoms with van der Waals surface area (Å²) in [6.45, 7) is 7.96. The second-order valence-electron chi connectivity index (χ2n) is 8.76. The van der Waals surface area contributed by atoms with E-state index < -0.39 is 0 Å². The summed E-state index contributed by atoms with van der Waals surface area (Å²) in [5.41, 5.74) is 8.57. The predicted octanol–water partition coefficient (Wildman–Crippen LogP) is 5.03. The number of hydrogen-bond donors (Lipinski definition) is 1. The highest BCUT2D eigenvalue weighted by molar-refractivity contribution is 5.85. The van der Waals surface area contributed by atoms with Crippen molar-refractivity contribution in [1.29, 1.82) is 0 Å². The lowest BCUT2D eigenvalue weighted by Crippen LogP contribution is -2.24. The number of hydrogen-bond acceptors (Lipinski definition) is 4. The third kappa shape index (κ3) is 3.85. The van der Waals surface area contributed by atoms with E-state index in [2.05, 4.69) is 69.9 Å². The summed E-state index contributed by atoms with van der Waals surface area (Å²) in [6, 6.07) is 13.5. The van der Waals surface area contributed by atoms with E-state index in [0.717, 1.165) is 43.9 Å². The van der Waals surface area contributed by atoms with Gasteiger partial charge in [0.1, 0.15) is 0 Å². The molecule has 1 N–H and O–H groups in total. The average Bonchev–Trinajstić information content (AvgIpc) is 3.54. The van der Waals surface area contributed by atoms with Crippen molar-refractivity contribution in [1.82, 2.24) is 24.6 Å². The number of nitrogens with zero attached hydrogens (tertiary/aromatic N) is 4. The number of pyridine rings is 1. The number of methoxy groups -OCH3 is 1. The molecule has 1 fully saturated rings. The number of rotatable bonds is 7. The molecule has 6 heteroatoms. The van der Waals surface area contributed by atoms with Crippen molar-refractivity contribution in [2.24, 2.45) is 0 Å². The zero-order valence-corrected chi connectivity index (χ0v) is 19.1. The molecule has 166 valence electrons. The molecule has 0 spiro atoms. The Morgan fingerprint density at radius 1 is 1.16 bits per heavy atom. The highest BCUT2D eigenvalue weighted by Gasteiger charge is 2.29. The molecule has 3 aromatic heterocycles. The highest BCUT2D eigenvalue weighted by Crippen LogP contribution is 2.36. The van der Waals surface area contributed by atoms with Gasteiger partial charge in [-0.05, 0) is 62.6 Å². The molecule has 1 aliphatic heterocycles. The molecule has 0 bridgehead atoms. The topological polar surface area (TPSA) is 59.0 Å². The average molecular weight is 430 g/mol. The largest absolute Gasteiger partial charge is 0.383 e. The first-order valence-corrected chi connectivity index (χ1v) is 11.4. The molecule has 4 heterocycles. The van der Waals surface area contributed by atoms with Crippen LogP contribution in [0.5, 0.6) is 0 Å². The second-order valence-corrected chi connectivity index (χ2v) is 8.76. The van der Waals surface area contributed by atoms with Gasteiger partial charge in [0.05, 0.1) is 24.5 Å². The van der Waals surface area contributed by atoms with E-state index in [1.165, 1.54) is 39.8 Å². The molecule has 5 rings (SSSR count). The number of benzene rings is 1. The predicted molar refractivity (Wildman–Crippen MR) is 127 cm³/mol. The Bertz CT molecular complexity index is 1210. The normalized spacial score (nSPS) is 16.9. The molecule has 0 radical (unpaired) electrons. The fourth-order valence-corrected chi connectivity index (χ4v) is 5.17. The molecule has 1 unspecified atom stereocenters. The fraction of sp³-hybridized carbons (Fsp3) is 0.385. The summed E-state index contributed by atoms with van der Waals surface area (Å²) < 4.78 is 7.78. The van der Waals surface area contributed by atoms with Crippen LogP contribution in [0.2, 0.25) is 0 Å². The molecule has 1 aromatic carbocycles. The van der Waals surface area contributed by atoms with Crippen molar-refractivity contribution in [2.45, 2.75) is 45.8 Å². The maximum atomic E-state index is 5.37. The van der Waals surface area contributed by atoms with Gasteiger partial charge in [0.15, 0.2) is 0 Å². The maximum Gasteiger partial charge on any atom is 0.0642 e. The summed E-state index contributed by atoms with van der Waals surface area (Å²) in [4.78, 5) is 7.56. The quantitative estimate of drug-likeness (QED) is 0.448. The Labute approximate surface area is 189 Å². The van der Waals surface area contributed by atoms with E-state index in [1.54, 1.807) is 7.11 Å². The molecule has 6 nitrogen and oxygen atoms in total. The zero-order chi connectivity index (χ0) is 22.1. The van der Waals surface area contributed by atoms with E-state index in [9.17, 15) is 0 Å². The van der Waals surface area contributed by atoms with Gasteiger partial charge in [0, 0.05) is 54.3 Å². The smallest absolute Gasteiger partial charge is 0.0642 e. The lowest BCUT2D eigenvalue weighted by molar-refractivity contribution is 0.187. The van der Waals surface area contributed by atoms with Gasteiger partial charge < -0.3 is 9.30 Å². The Balaban J connectivity index is 1.48. The number of fused-ring (bicyclic) bond motifs is 1. The van der Waals surface area contributed by atoms with Gasteiger partial charge in [0.2, 0.25) is 0 Å². The van der Waals surface area contributed by atoms with Gasteiger partial charge in [-0.1, -0.05) is 18.2 Å². The molecule has 32 heavy (non-hydrogen) atoms. The Hall–Kier alpha value is -2.96. The first kappa shape index (κ1) is 20.9. The van der Waals surface area contributed by atoms with E-state index >= 15 is 0 Å². The molecular weight excluding hydrogens is 398 g/mol. The summed E-state index contributed by atoms with van der Waals surface area (Å²) in [5.74, 6) is 0. The second kappa shape index (κ2) is 8.88. The number of ether oxygens (including phenoxy) is 1.